The van der Waals surface area contributed by atoms with Gasteiger partial charge in [0.2, 0.25) is 5.91 Å². The van der Waals surface area contributed by atoms with Gasteiger partial charge in [-0.2, -0.15) is 0 Å². The molecule has 3 aromatic carbocycles. The summed E-state index contributed by atoms with van der Waals surface area (Å²) in [6, 6.07) is 36.2. The summed E-state index contributed by atoms with van der Waals surface area (Å²) in [7, 11) is 0. The van der Waals surface area contributed by atoms with Crippen molar-refractivity contribution in [3.05, 3.63) is 156 Å². The predicted molar refractivity (Wildman–Crippen MR) is 225 cm³/mol. The van der Waals surface area contributed by atoms with E-state index in [9.17, 15) is 24.6 Å². The lowest BCUT2D eigenvalue weighted by Crippen LogP contribution is -2.59. The molecule has 0 bridgehead atoms. The van der Waals surface area contributed by atoms with Crippen molar-refractivity contribution in [3.63, 3.8) is 0 Å². The highest BCUT2D eigenvalue weighted by Crippen LogP contribution is 2.32. The van der Waals surface area contributed by atoms with Gasteiger partial charge in [0.1, 0.15) is 6.04 Å². The molecule has 1 fully saturated rings. The highest BCUT2D eigenvalue weighted by atomic mass is 16.4. The first kappa shape index (κ1) is 41.6. The Morgan fingerprint density at radius 1 is 0.793 bits per heavy atom. The van der Waals surface area contributed by atoms with E-state index in [1.165, 1.54) is 0 Å². The minimum atomic E-state index is -1.21. The number of carboxylic acid groups (broad SMARTS) is 1. The summed E-state index contributed by atoms with van der Waals surface area (Å²) in [5, 5.41) is 28.3. The molecule has 6 rings (SSSR count). The Balaban J connectivity index is 1.30. The van der Waals surface area contributed by atoms with Gasteiger partial charge in [0.05, 0.1) is 30.1 Å². The van der Waals surface area contributed by atoms with Gasteiger partial charge in [0.25, 0.3) is 0 Å². The van der Waals surface area contributed by atoms with E-state index in [-0.39, 0.29) is 18.4 Å². The average Bonchev–Trinajstić information content (AvgIpc) is 3.54. The Bertz CT molecular complexity index is 2110. The Labute approximate surface area is 341 Å². The van der Waals surface area contributed by atoms with Crippen molar-refractivity contribution in [1.29, 1.82) is 0 Å². The fourth-order valence-corrected chi connectivity index (χ4v) is 8.04. The summed E-state index contributed by atoms with van der Waals surface area (Å²) < 4.78 is 0. The molecule has 0 aliphatic carbocycles. The van der Waals surface area contributed by atoms with Crippen LogP contribution in [0, 0.1) is 12.3 Å². The van der Waals surface area contributed by atoms with Crippen molar-refractivity contribution in [1.82, 2.24) is 30.4 Å². The second-order valence-electron chi connectivity index (χ2n) is 16.2. The van der Waals surface area contributed by atoms with E-state index in [2.05, 4.69) is 20.6 Å². The summed E-state index contributed by atoms with van der Waals surface area (Å²) in [4.78, 5) is 53.5. The van der Waals surface area contributed by atoms with Crippen LogP contribution in [0.1, 0.15) is 61.2 Å². The van der Waals surface area contributed by atoms with E-state index in [0.29, 0.717) is 32.5 Å². The van der Waals surface area contributed by atoms with Crippen LogP contribution in [0.5, 0.6) is 0 Å². The summed E-state index contributed by atoms with van der Waals surface area (Å²) in [6.45, 7) is 8.83. The van der Waals surface area contributed by atoms with Crippen molar-refractivity contribution in [2.45, 2.75) is 83.6 Å². The molecule has 0 saturated carbocycles. The lowest BCUT2D eigenvalue weighted by Gasteiger charge is -2.40. The average molecular weight is 783 g/mol. The number of nitrogens with one attached hydrogen (secondary N) is 2. The number of benzene rings is 3. The second-order valence-corrected chi connectivity index (χ2v) is 16.2. The van der Waals surface area contributed by atoms with Gasteiger partial charge in [-0.1, -0.05) is 118 Å². The maximum absolute atomic E-state index is 14.9. The molecule has 3 heterocycles. The molecular formula is C47H54N6O5. The van der Waals surface area contributed by atoms with Gasteiger partial charge in [0, 0.05) is 42.5 Å². The van der Waals surface area contributed by atoms with Gasteiger partial charge >= 0.3 is 12.1 Å². The van der Waals surface area contributed by atoms with Crippen LogP contribution in [0.15, 0.2) is 128 Å². The fraction of sp³-hybridized carbons (Fsp3) is 0.340. The number of urea groups is 1. The number of nitrogens with zero attached hydrogens (tertiary/aromatic N) is 4. The number of aliphatic hydroxyl groups is 1. The number of aryl methyl sites for hydroxylation is 1. The number of carbonyl (C=O) groups is 3. The van der Waals surface area contributed by atoms with Gasteiger partial charge < -0.3 is 30.6 Å². The normalized spacial score (nSPS) is 15.6. The molecule has 0 spiro atoms. The van der Waals surface area contributed by atoms with Crippen LogP contribution in [-0.2, 0) is 24.2 Å². The zero-order valence-electron chi connectivity index (χ0n) is 33.7. The maximum atomic E-state index is 14.9. The van der Waals surface area contributed by atoms with Crippen molar-refractivity contribution >= 4 is 18.0 Å². The van der Waals surface area contributed by atoms with Crippen LogP contribution in [0.2, 0.25) is 0 Å². The molecular weight excluding hydrogens is 729 g/mol. The highest BCUT2D eigenvalue weighted by Gasteiger charge is 2.45. The first-order valence-electron chi connectivity index (χ1n) is 19.9. The van der Waals surface area contributed by atoms with E-state index in [1.807, 2.05) is 149 Å². The van der Waals surface area contributed by atoms with Crippen LogP contribution in [-0.4, -0.2) is 85.3 Å². The molecule has 58 heavy (non-hydrogen) atoms. The number of carbonyl (C=O) groups excluding carboxylic acids is 2. The van der Waals surface area contributed by atoms with E-state index in [1.54, 1.807) is 16.0 Å². The van der Waals surface area contributed by atoms with Gasteiger partial charge in [-0.3, -0.25) is 14.8 Å². The number of rotatable bonds is 16. The first-order chi connectivity index (χ1) is 27.9. The zero-order chi connectivity index (χ0) is 41.2. The molecule has 5 atom stereocenters. The minimum Gasteiger partial charge on any atom is -0.465 e. The fourth-order valence-electron chi connectivity index (χ4n) is 8.04. The molecule has 11 nitrogen and oxygen atoms in total. The zero-order valence-corrected chi connectivity index (χ0v) is 33.7. The highest BCUT2D eigenvalue weighted by molar-refractivity contribution is 5.89. The topological polar surface area (TPSA) is 148 Å². The molecule has 2 aromatic heterocycles. The quantitative estimate of drug-likeness (QED) is 0.0825. The third kappa shape index (κ3) is 10.9. The van der Waals surface area contributed by atoms with Crippen molar-refractivity contribution < 1.29 is 24.6 Å². The maximum Gasteiger partial charge on any atom is 0.404 e. The van der Waals surface area contributed by atoms with Crippen molar-refractivity contribution in [3.8, 4) is 11.3 Å². The number of aromatic nitrogens is 2. The smallest absolute Gasteiger partial charge is 0.404 e. The summed E-state index contributed by atoms with van der Waals surface area (Å²) in [5.74, 6) is -0.799. The van der Waals surface area contributed by atoms with Crippen LogP contribution in [0.25, 0.3) is 11.3 Å². The lowest BCUT2D eigenvalue weighted by molar-refractivity contribution is -0.130. The molecule has 1 unspecified atom stereocenters. The van der Waals surface area contributed by atoms with Crippen LogP contribution >= 0.6 is 0 Å². The van der Waals surface area contributed by atoms with Gasteiger partial charge in [0.15, 0.2) is 0 Å². The van der Waals surface area contributed by atoms with Crippen LogP contribution in [0.4, 0.5) is 9.59 Å². The Morgan fingerprint density at radius 2 is 1.47 bits per heavy atom. The number of hydrogen-bond donors (Lipinski definition) is 4. The molecule has 1 aliphatic rings. The lowest BCUT2D eigenvalue weighted by atomic mass is 9.80. The molecule has 5 aromatic rings. The largest absolute Gasteiger partial charge is 0.465 e. The number of aliphatic hydroxyl groups excluding tert-OH is 1. The Hall–Kier alpha value is -6.07. The van der Waals surface area contributed by atoms with Crippen molar-refractivity contribution in [2.75, 3.05) is 13.1 Å². The summed E-state index contributed by atoms with van der Waals surface area (Å²) in [5.41, 5.74) is 5.51. The van der Waals surface area contributed by atoms with Gasteiger partial charge in [-0.25, -0.2) is 9.59 Å². The Morgan fingerprint density at radius 3 is 2.10 bits per heavy atom. The predicted octanol–water partition coefficient (Wildman–Crippen LogP) is 7.25. The van der Waals surface area contributed by atoms with E-state index < -0.39 is 41.7 Å². The monoisotopic (exact) mass is 782 g/mol. The first-order valence-corrected chi connectivity index (χ1v) is 19.9. The SMILES string of the molecule is Cc1cccc(CN2CCN([C@H](C(=O)N[C@@H](C(Cc3ccccc3)c3ccccc3)[C@@H](O)C[C@H](Cc3ccc(-c4ccccn4)cc3)NC(=O)O)C(C)(C)C)C2=O)n1. The number of pyridine rings is 2. The van der Waals surface area contributed by atoms with Crippen molar-refractivity contribution in [2.24, 2.45) is 5.41 Å². The summed E-state index contributed by atoms with van der Waals surface area (Å²) >= 11 is 0. The standard InChI is InChI=1S/C47H54N6O5/c1-32-14-13-19-37(49-32)31-52-26-27-53(46(52)58)43(47(2,3)4)44(55)51-42(39(35-17-9-6-10-18-35)29-33-15-7-5-8-16-33)41(54)30-38(50-45(56)57)28-34-21-23-36(24-22-34)40-20-11-12-25-48-40/h5-25,38-39,41-43,50,54H,26-31H2,1-4H3,(H,51,55)(H,56,57)/t38-,39?,41-,42-,43+/m0/s1. The van der Waals surface area contributed by atoms with Crippen LogP contribution in [0.3, 0.4) is 0 Å². The van der Waals surface area contributed by atoms with Gasteiger partial charge in [-0.15, -0.1) is 0 Å². The summed E-state index contributed by atoms with van der Waals surface area (Å²) in [6.07, 6.45) is 0.133. The number of amides is 4. The molecule has 0 radical (unpaired) electrons. The van der Waals surface area contributed by atoms with E-state index in [4.69, 9.17) is 0 Å². The molecule has 1 saturated heterocycles. The van der Waals surface area contributed by atoms with Crippen LogP contribution < -0.4 is 10.6 Å². The van der Waals surface area contributed by atoms with Gasteiger partial charge in [-0.05, 0) is 72.6 Å². The molecule has 1 aliphatic heterocycles. The minimum absolute atomic E-state index is 0.0114. The molecule has 4 N–H and O–H groups in total. The second kappa shape index (κ2) is 18.9. The number of hydrogen-bond acceptors (Lipinski definition) is 6. The molecule has 11 heteroatoms. The third-order valence-corrected chi connectivity index (χ3v) is 10.7. The van der Waals surface area contributed by atoms with E-state index >= 15 is 0 Å². The molecule has 4 amide bonds. The van der Waals surface area contributed by atoms with E-state index in [0.717, 1.165) is 39.3 Å². The third-order valence-electron chi connectivity index (χ3n) is 10.7. The Kier molecular flexibility index (Phi) is 13.6. The molecule has 302 valence electrons.